The Balaban J connectivity index is 1.43. The topological polar surface area (TPSA) is 67.3 Å². The number of anilines is 2. The summed E-state index contributed by atoms with van der Waals surface area (Å²) in [4.78, 5) is 13.4. The van der Waals surface area contributed by atoms with E-state index in [1.54, 1.807) is 6.33 Å². The standard InChI is InChI=1S/C19H26N6O/c1-19(2,3)16-5-6-17(23-22-16)25-9-13(10-25)24(4)18-14-11-26-8-7-15(14)20-12-21-18/h5-6,12-13H,7-11H2,1-4H3. The van der Waals surface area contributed by atoms with Gasteiger partial charge in [-0.2, -0.15) is 5.10 Å². The molecule has 0 bridgehead atoms. The Labute approximate surface area is 154 Å². The van der Waals surface area contributed by atoms with Crippen LogP contribution in [0.2, 0.25) is 0 Å². The van der Waals surface area contributed by atoms with E-state index in [-0.39, 0.29) is 5.41 Å². The third kappa shape index (κ3) is 3.11. The molecule has 0 spiro atoms. The van der Waals surface area contributed by atoms with Gasteiger partial charge in [-0.25, -0.2) is 9.97 Å². The Hall–Kier alpha value is -2.28. The van der Waals surface area contributed by atoms with Gasteiger partial charge in [0.1, 0.15) is 12.1 Å². The molecule has 4 heterocycles. The van der Waals surface area contributed by atoms with Crippen LogP contribution in [0.15, 0.2) is 18.5 Å². The van der Waals surface area contributed by atoms with Crippen molar-refractivity contribution in [3.05, 3.63) is 35.4 Å². The van der Waals surface area contributed by atoms with Crippen LogP contribution < -0.4 is 9.80 Å². The highest BCUT2D eigenvalue weighted by molar-refractivity contribution is 5.52. The molecule has 0 aromatic carbocycles. The van der Waals surface area contributed by atoms with Crippen LogP contribution in [-0.4, -0.2) is 53.0 Å². The Bertz CT molecular complexity index is 780. The molecular formula is C19H26N6O. The third-order valence-electron chi connectivity index (χ3n) is 5.23. The summed E-state index contributed by atoms with van der Waals surface area (Å²) in [5.41, 5.74) is 3.29. The van der Waals surface area contributed by atoms with E-state index in [0.29, 0.717) is 12.6 Å². The minimum atomic E-state index is 0.0252. The molecule has 26 heavy (non-hydrogen) atoms. The molecule has 138 valence electrons. The molecule has 0 saturated carbocycles. The van der Waals surface area contributed by atoms with E-state index in [0.717, 1.165) is 54.7 Å². The molecule has 1 saturated heterocycles. The highest BCUT2D eigenvalue weighted by Gasteiger charge is 2.33. The summed E-state index contributed by atoms with van der Waals surface area (Å²) in [5, 5.41) is 8.81. The maximum atomic E-state index is 5.61. The molecule has 1 fully saturated rings. The molecular weight excluding hydrogens is 328 g/mol. The lowest BCUT2D eigenvalue weighted by Crippen LogP contribution is -2.59. The zero-order valence-corrected chi connectivity index (χ0v) is 15.9. The van der Waals surface area contributed by atoms with E-state index in [9.17, 15) is 0 Å². The predicted molar refractivity (Wildman–Crippen MR) is 101 cm³/mol. The van der Waals surface area contributed by atoms with Crippen molar-refractivity contribution in [2.75, 3.05) is 36.5 Å². The predicted octanol–water partition coefficient (Wildman–Crippen LogP) is 1.96. The van der Waals surface area contributed by atoms with Gasteiger partial charge in [0.2, 0.25) is 0 Å². The molecule has 0 N–H and O–H groups in total. The monoisotopic (exact) mass is 354 g/mol. The number of hydrogen-bond donors (Lipinski definition) is 0. The summed E-state index contributed by atoms with van der Waals surface area (Å²) in [6.45, 7) is 9.63. The average Bonchev–Trinajstić information content (AvgIpc) is 2.59. The lowest BCUT2D eigenvalue weighted by atomic mass is 9.92. The van der Waals surface area contributed by atoms with E-state index in [1.165, 1.54) is 0 Å². The van der Waals surface area contributed by atoms with Crippen molar-refractivity contribution < 1.29 is 4.74 Å². The van der Waals surface area contributed by atoms with Crippen LogP contribution in [0.25, 0.3) is 0 Å². The van der Waals surface area contributed by atoms with Crippen LogP contribution in [-0.2, 0) is 23.2 Å². The van der Waals surface area contributed by atoms with Gasteiger partial charge in [-0.3, -0.25) is 0 Å². The van der Waals surface area contributed by atoms with Gasteiger partial charge in [0.15, 0.2) is 5.82 Å². The Morgan fingerprint density at radius 3 is 2.65 bits per heavy atom. The van der Waals surface area contributed by atoms with Gasteiger partial charge in [0.05, 0.1) is 30.6 Å². The van der Waals surface area contributed by atoms with Gasteiger partial charge in [-0.05, 0) is 12.1 Å². The summed E-state index contributed by atoms with van der Waals surface area (Å²) in [6, 6.07) is 4.56. The average molecular weight is 354 g/mol. The number of hydrogen-bond acceptors (Lipinski definition) is 7. The number of aromatic nitrogens is 4. The summed E-state index contributed by atoms with van der Waals surface area (Å²) < 4.78 is 5.61. The van der Waals surface area contributed by atoms with E-state index in [2.05, 4.69) is 69.9 Å². The number of nitrogens with zero attached hydrogens (tertiary/aromatic N) is 6. The summed E-state index contributed by atoms with van der Waals surface area (Å²) >= 11 is 0. The van der Waals surface area contributed by atoms with Crippen molar-refractivity contribution in [3.8, 4) is 0 Å². The molecule has 2 aromatic heterocycles. The van der Waals surface area contributed by atoms with Crippen LogP contribution in [0.4, 0.5) is 11.6 Å². The summed E-state index contributed by atoms with van der Waals surface area (Å²) in [6.07, 6.45) is 2.54. The highest BCUT2D eigenvalue weighted by Crippen LogP contribution is 2.29. The van der Waals surface area contributed by atoms with Crippen molar-refractivity contribution in [2.45, 2.75) is 45.3 Å². The van der Waals surface area contributed by atoms with Crippen LogP contribution in [0, 0.1) is 0 Å². The van der Waals surface area contributed by atoms with Crippen molar-refractivity contribution in [1.29, 1.82) is 0 Å². The molecule has 7 nitrogen and oxygen atoms in total. The second kappa shape index (κ2) is 6.46. The number of ether oxygens (including phenoxy) is 1. The first-order valence-corrected chi connectivity index (χ1v) is 9.16. The Morgan fingerprint density at radius 2 is 1.96 bits per heavy atom. The van der Waals surface area contributed by atoms with Crippen molar-refractivity contribution in [1.82, 2.24) is 20.2 Å². The van der Waals surface area contributed by atoms with E-state index in [4.69, 9.17) is 4.74 Å². The molecule has 2 aliphatic heterocycles. The fourth-order valence-corrected chi connectivity index (χ4v) is 3.40. The fraction of sp³-hybridized carbons (Fsp3) is 0.579. The lowest BCUT2D eigenvalue weighted by Gasteiger charge is -2.45. The normalized spacial score (nSPS) is 17.6. The molecule has 2 aliphatic rings. The maximum Gasteiger partial charge on any atom is 0.151 e. The van der Waals surface area contributed by atoms with Crippen LogP contribution in [0.1, 0.15) is 37.7 Å². The van der Waals surface area contributed by atoms with Crippen molar-refractivity contribution in [2.24, 2.45) is 0 Å². The van der Waals surface area contributed by atoms with Gasteiger partial charge in [0, 0.05) is 37.5 Å². The van der Waals surface area contributed by atoms with E-state index >= 15 is 0 Å². The van der Waals surface area contributed by atoms with Gasteiger partial charge in [-0.1, -0.05) is 20.8 Å². The minimum Gasteiger partial charge on any atom is -0.376 e. The first-order valence-electron chi connectivity index (χ1n) is 9.16. The van der Waals surface area contributed by atoms with Gasteiger partial charge in [0.25, 0.3) is 0 Å². The van der Waals surface area contributed by atoms with Crippen molar-refractivity contribution >= 4 is 11.6 Å². The molecule has 0 atom stereocenters. The molecule has 0 radical (unpaired) electrons. The first kappa shape index (κ1) is 17.1. The SMILES string of the molecule is CN(c1ncnc2c1COCC2)C1CN(c2ccc(C(C)(C)C)nn2)C1. The quantitative estimate of drug-likeness (QED) is 0.835. The van der Waals surface area contributed by atoms with Gasteiger partial charge in [-0.15, -0.1) is 5.10 Å². The minimum absolute atomic E-state index is 0.0252. The molecule has 7 heteroatoms. The fourth-order valence-electron chi connectivity index (χ4n) is 3.40. The molecule has 0 aliphatic carbocycles. The Kier molecular flexibility index (Phi) is 4.26. The summed E-state index contributed by atoms with van der Waals surface area (Å²) in [7, 11) is 2.10. The number of rotatable bonds is 3. The molecule has 2 aromatic rings. The smallest absolute Gasteiger partial charge is 0.151 e. The maximum absolute atomic E-state index is 5.61. The largest absolute Gasteiger partial charge is 0.376 e. The second-order valence-corrected chi connectivity index (χ2v) is 8.12. The van der Waals surface area contributed by atoms with E-state index < -0.39 is 0 Å². The van der Waals surface area contributed by atoms with Crippen LogP contribution >= 0.6 is 0 Å². The van der Waals surface area contributed by atoms with Crippen LogP contribution in [0.3, 0.4) is 0 Å². The van der Waals surface area contributed by atoms with Crippen molar-refractivity contribution in [3.63, 3.8) is 0 Å². The zero-order valence-electron chi connectivity index (χ0n) is 15.9. The third-order valence-corrected chi connectivity index (χ3v) is 5.23. The highest BCUT2D eigenvalue weighted by atomic mass is 16.5. The van der Waals surface area contributed by atoms with Gasteiger partial charge >= 0.3 is 0 Å². The number of likely N-dealkylation sites (N-methyl/N-ethyl adjacent to an activating group) is 1. The molecule has 0 unspecified atom stereocenters. The first-order chi connectivity index (χ1) is 12.4. The van der Waals surface area contributed by atoms with Gasteiger partial charge < -0.3 is 14.5 Å². The van der Waals surface area contributed by atoms with E-state index in [1.807, 2.05) is 0 Å². The molecule has 0 amide bonds. The summed E-state index contributed by atoms with van der Waals surface area (Å²) in [5.74, 6) is 1.93. The number of fused-ring (bicyclic) bond motifs is 1. The second-order valence-electron chi connectivity index (χ2n) is 8.12. The zero-order chi connectivity index (χ0) is 18.3. The molecule has 4 rings (SSSR count). The lowest BCUT2D eigenvalue weighted by molar-refractivity contribution is 0.109. The van der Waals surface area contributed by atoms with Crippen LogP contribution in [0.5, 0.6) is 0 Å². The Morgan fingerprint density at radius 1 is 1.15 bits per heavy atom.